The maximum absolute atomic E-state index is 12.0. The molecule has 0 bridgehead atoms. The zero-order valence-corrected chi connectivity index (χ0v) is 9.67. The summed E-state index contributed by atoms with van der Waals surface area (Å²) < 4.78 is 2.53. The zero-order chi connectivity index (χ0) is 12.6. The van der Waals surface area contributed by atoms with Gasteiger partial charge in [-0.25, -0.2) is 14.8 Å². The highest BCUT2D eigenvalue weighted by Crippen LogP contribution is 2.04. The second-order valence-electron chi connectivity index (χ2n) is 3.54. The van der Waals surface area contributed by atoms with Crippen LogP contribution in [0.5, 0.6) is 0 Å². The molecule has 0 saturated heterocycles. The summed E-state index contributed by atoms with van der Waals surface area (Å²) in [6.45, 7) is 4.26. The lowest BCUT2D eigenvalue weighted by molar-refractivity contribution is 0.603. The van der Waals surface area contributed by atoms with Gasteiger partial charge in [-0.3, -0.25) is 13.9 Å². The van der Waals surface area contributed by atoms with E-state index in [0.717, 1.165) is 4.57 Å². The molecule has 17 heavy (non-hydrogen) atoms. The van der Waals surface area contributed by atoms with Gasteiger partial charge in [-0.2, -0.15) is 0 Å². The van der Waals surface area contributed by atoms with E-state index in [-0.39, 0.29) is 22.7 Å². The summed E-state index contributed by atoms with van der Waals surface area (Å²) in [6.07, 6.45) is 1.34. The SMILES string of the molecule is CCn1c(=O)c2nc(N)cnc2n(CC)c1=O. The molecule has 2 N–H and O–H groups in total. The predicted octanol–water partition coefficient (Wildman–Crippen LogP) is -0.425. The summed E-state index contributed by atoms with van der Waals surface area (Å²) in [5.41, 5.74) is 5.10. The first-order valence-electron chi connectivity index (χ1n) is 5.36. The Kier molecular flexibility index (Phi) is 2.66. The second kappa shape index (κ2) is 4.00. The Morgan fingerprint density at radius 2 is 1.88 bits per heavy atom. The van der Waals surface area contributed by atoms with Crippen molar-refractivity contribution in [3.05, 3.63) is 27.0 Å². The Bertz CT molecular complexity index is 685. The third kappa shape index (κ3) is 1.59. The van der Waals surface area contributed by atoms with Crippen molar-refractivity contribution in [2.75, 3.05) is 5.73 Å². The Hall–Kier alpha value is -2.18. The van der Waals surface area contributed by atoms with Crippen LogP contribution in [0.15, 0.2) is 15.8 Å². The molecule has 2 aromatic rings. The Morgan fingerprint density at radius 1 is 1.24 bits per heavy atom. The third-order valence-electron chi connectivity index (χ3n) is 2.57. The van der Waals surface area contributed by atoms with Crippen LogP contribution >= 0.6 is 0 Å². The maximum atomic E-state index is 12.0. The molecule has 0 aliphatic heterocycles. The third-order valence-corrected chi connectivity index (χ3v) is 2.57. The molecule has 0 aliphatic rings. The van der Waals surface area contributed by atoms with E-state index in [0.29, 0.717) is 13.1 Å². The van der Waals surface area contributed by atoms with E-state index in [1.807, 2.05) is 6.92 Å². The number of rotatable bonds is 2. The Labute approximate surface area is 96.5 Å². The largest absolute Gasteiger partial charge is 0.382 e. The monoisotopic (exact) mass is 235 g/mol. The van der Waals surface area contributed by atoms with Crippen LogP contribution < -0.4 is 17.0 Å². The van der Waals surface area contributed by atoms with Crippen molar-refractivity contribution in [3.63, 3.8) is 0 Å². The van der Waals surface area contributed by atoms with Crippen LogP contribution in [0.2, 0.25) is 0 Å². The van der Waals surface area contributed by atoms with Crippen molar-refractivity contribution in [1.29, 1.82) is 0 Å². The van der Waals surface area contributed by atoms with Gasteiger partial charge in [0.25, 0.3) is 5.56 Å². The van der Waals surface area contributed by atoms with E-state index in [4.69, 9.17) is 5.73 Å². The molecule has 0 spiro atoms. The number of hydrogen-bond acceptors (Lipinski definition) is 5. The first kappa shape index (κ1) is 11.3. The van der Waals surface area contributed by atoms with Crippen molar-refractivity contribution < 1.29 is 0 Å². The van der Waals surface area contributed by atoms with Crippen LogP contribution in [0.3, 0.4) is 0 Å². The summed E-state index contributed by atoms with van der Waals surface area (Å²) >= 11 is 0. The van der Waals surface area contributed by atoms with Crippen LogP contribution in [-0.2, 0) is 13.1 Å². The number of aryl methyl sites for hydroxylation is 1. The highest BCUT2D eigenvalue weighted by Gasteiger charge is 2.13. The molecule has 2 rings (SSSR count). The molecule has 0 atom stereocenters. The number of aromatic nitrogens is 4. The minimum Gasteiger partial charge on any atom is -0.382 e. The second-order valence-corrected chi connectivity index (χ2v) is 3.54. The van der Waals surface area contributed by atoms with E-state index in [1.54, 1.807) is 6.92 Å². The van der Waals surface area contributed by atoms with Gasteiger partial charge in [-0.15, -0.1) is 0 Å². The maximum Gasteiger partial charge on any atom is 0.332 e. The average molecular weight is 235 g/mol. The van der Waals surface area contributed by atoms with Gasteiger partial charge < -0.3 is 5.73 Å². The van der Waals surface area contributed by atoms with E-state index in [9.17, 15) is 9.59 Å². The lowest BCUT2D eigenvalue weighted by Crippen LogP contribution is -2.40. The quantitative estimate of drug-likeness (QED) is 0.762. The summed E-state index contributed by atoms with van der Waals surface area (Å²) in [5.74, 6) is 0.165. The van der Waals surface area contributed by atoms with E-state index in [1.165, 1.54) is 10.8 Å². The van der Waals surface area contributed by atoms with Gasteiger partial charge in [0.15, 0.2) is 11.2 Å². The van der Waals surface area contributed by atoms with Crippen molar-refractivity contribution in [1.82, 2.24) is 19.1 Å². The van der Waals surface area contributed by atoms with Gasteiger partial charge in [0.05, 0.1) is 6.20 Å². The minimum atomic E-state index is -0.447. The number of nitrogens with zero attached hydrogens (tertiary/aromatic N) is 4. The molecule has 7 heteroatoms. The van der Waals surface area contributed by atoms with Crippen molar-refractivity contribution in [3.8, 4) is 0 Å². The first-order valence-corrected chi connectivity index (χ1v) is 5.36. The van der Waals surface area contributed by atoms with Crippen LogP contribution in [0.4, 0.5) is 5.82 Å². The molecule has 2 aromatic heterocycles. The fraction of sp³-hybridized carbons (Fsp3) is 0.400. The molecule has 0 unspecified atom stereocenters. The average Bonchev–Trinajstić information content (AvgIpc) is 2.31. The van der Waals surface area contributed by atoms with Crippen molar-refractivity contribution in [2.24, 2.45) is 0 Å². The van der Waals surface area contributed by atoms with Crippen molar-refractivity contribution in [2.45, 2.75) is 26.9 Å². The van der Waals surface area contributed by atoms with E-state index in [2.05, 4.69) is 9.97 Å². The summed E-state index contributed by atoms with van der Waals surface area (Å²) in [5, 5.41) is 0. The molecule has 0 saturated carbocycles. The topological polar surface area (TPSA) is 95.8 Å². The summed E-state index contributed by atoms with van der Waals surface area (Å²) in [4.78, 5) is 31.9. The van der Waals surface area contributed by atoms with Gasteiger partial charge in [-0.05, 0) is 13.8 Å². The van der Waals surface area contributed by atoms with Gasteiger partial charge >= 0.3 is 5.69 Å². The van der Waals surface area contributed by atoms with Gasteiger partial charge in [0.2, 0.25) is 0 Å². The lowest BCUT2D eigenvalue weighted by Gasteiger charge is -2.09. The summed E-state index contributed by atoms with van der Waals surface area (Å²) in [7, 11) is 0. The highest BCUT2D eigenvalue weighted by atomic mass is 16.2. The van der Waals surface area contributed by atoms with Gasteiger partial charge in [-0.1, -0.05) is 0 Å². The number of hydrogen-bond donors (Lipinski definition) is 1. The highest BCUT2D eigenvalue weighted by molar-refractivity contribution is 5.70. The van der Waals surface area contributed by atoms with Gasteiger partial charge in [0.1, 0.15) is 5.82 Å². The molecule has 0 amide bonds. The Morgan fingerprint density at radius 3 is 2.47 bits per heavy atom. The number of nitrogen functional groups attached to an aromatic ring is 1. The number of anilines is 1. The van der Waals surface area contributed by atoms with Crippen LogP contribution in [0.25, 0.3) is 11.2 Å². The molecule has 0 aromatic carbocycles. The van der Waals surface area contributed by atoms with E-state index < -0.39 is 5.56 Å². The first-order chi connectivity index (χ1) is 8.10. The zero-order valence-electron chi connectivity index (χ0n) is 9.67. The molecule has 0 radical (unpaired) electrons. The normalized spacial score (nSPS) is 10.9. The van der Waals surface area contributed by atoms with Crippen LogP contribution in [0.1, 0.15) is 13.8 Å². The fourth-order valence-electron chi connectivity index (χ4n) is 1.75. The molecular formula is C10H13N5O2. The number of nitrogens with two attached hydrogens (primary N) is 1. The van der Waals surface area contributed by atoms with Gasteiger partial charge in [0, 0.05) is 13.1 Å². The smallest absolute Gasteiger partial charge is 0.332 e. The lowest BCUT2D eigenvalue weighted by atomic mass is 10.4. The predicted molar refractivity (Wildman–Crippen MR) is 63.8 cm³/mol. The molecule has 0 fully saturated rings. The minimum absolute atomic E-state index is 0.133. The Balaban J connectivity index is 3.06. The van der Waals surface area contributed by atoms with Crippen LogP contribution in [-0.4, -0.2) is 19.1 Å². The summed E-state index contributed by atoms with van der Waals surface area (Å²) in [6, 6.07) is 0. The molecule has 0 aliphatic carbocycles. The molecule has 7 nitrogen and oxygen atoms in total. The van der Waals surface area contributed by atoms with Crippen LogP contribution in [0, 0.1) is 0 Å². The van der Waals surface area contributed by atoms with E-state index >= 15 is 0 Å². The molecule has 90 valence electrons. The number of fused-ring (bicyclic) bond motifs is 1. The standard InChI is InChI=1S/C10H13N5O2/c1-3-14-8-7(13-6(11)5-12-8)9(16)15(4-2)10(14)17/h5H,3-4H2,1-2H3,(H2,11,13). The fourth-order valence-corrected chi connectivity index (χ4v) is 1.75. The molecular weight excluding hydrogens is 222 g/mol. The van der Waals surface area contributed by atoms with Crippen molar-refractivity contribution >= 4 is 17.0 Å². The molecule has 2 heterocycles.